The number of hydrogen-bond acceptors (Lipinski definition) is 4. The predicted molar refractivity (Wildman–Crippen MR) is 72.8 cm³/mol. The van der Waals surface area contributed by atoms with Gasteiger partial charge in [0.1, 0.15) is 12.4 Å². The Morgan fingerprint density at radius 3 is 2.67 bits per heavy atom. The smallest absolute Gasteiger partial charge is 0.142 e. The molecule has 1 aliphatic rings. The van der Waals surface area contributed by atoms with Crippen molar-refractivity contribution in [1.29, 1.82) is 0 Å². The van der Waals surface area contributed by atoms with Crippen molar-refractivity contribution in [2.75, 3.05) is 39.1 Å². The second kappa shape index (κ2) is 6.61. The number of nitrogens with zero attached hydrogens (tertiary/aromatic N) is 1. The molecule has 0 saturated carbocycles. The average Bonchev–Trinajstić information content (AvgIpc) is 2.42. The first-order valence-corrected chi connectivity index (χ1v) is 6.52. The molecule has 1 heterocycles. The number of ether oxygens (including phenoxy) is 2. The van der Waals surface area contributed by atoms with Crippen LogP contribution in [0.5, 0.6) is 5.75 Å². The Labute approximate surface area is 109 Å². The highest BCUT2D eigenvalue weighted by molar-refractivity contribution is 5.51. The van der Waals surface area contributed by atoms with Crippen LogP contribution in [0.15, 0.2) is 24.3 Å². The van der Waals surface area contributed by atoms with E-state index in [4.69, 9.17) is 15.2 Å². The van der Waals surface area contributed by atoms with E-state index < -0.39 is 0 Å². The van der Waals surface area contributed by atoms with Crippen molar-refractivity contribution >= 4 is 5.69 Å². The molecule has 0 bridgehead atoms. The van der Waals surface area contributed by atoms with Crippen LogP contribution in [0.3, 0.4) is 0 Å². The average molecular weight is 250 g/mol. The summed E-state index contributed by atoms with van der Waals surface area (Å²) >= 11 is 0. The minimum atomic E-state index is 0.437. The number of rotatable bonds is 5. The van der Waals surface area contributed by atoms with E-state index in [9.17, 15) is 0 Å². The van der Waals surface area contributed by atoms with Crippen LogP contribution in [0.25, 0.3) is 0 Å². The van der Waals surface area contributed by atoms with Gasteiger partial charge in [0.05, 0.1) is 11.8 Å². The monoisotopic (exact) mass is 250 g/mol. The summed E-state index contributed by atoms with van der Waals surface area (Å²) in [5.41, 5.74) is 6.53. The van der Waals surface area contributed by atoms with Crippen LogP contribution in [0.2, 0.25) is 0 Å². The van der Waals surface area contributed by atoms with E-state index in [0.717, 1.165) is 38.2 Å². The normalized spacial score (nSPS) is 17.8. The number of methoxy groups -OCH3 is 1. The fourth-order valence-corrected chi connectivity index (χ4v) is 2.27. The number of piperidine rings is 1. The zero-order valence-electron chi connectivity index (χ0n) is 11.0. The maximum Gasteiger partial charge on any atom is 0.142 e. The fraction of sp³-hybridized carbons (Fsp3) is 0.571. The first-order valence-electron chi connectivity index (χ1n) is 6.52. The Balaban J connectivity index is 1.69. The molecule has 1 fully saturated rings. The maximum atomic E-state index is 5.82. The largest absolute Gasteiger partial charge is 0.490 e. The van der Waals surface area contributed by atoms with Gasteiger partial charge >= 0.3 is 0 Å². The molecule has 1 aromatic rings. The van der Waals surface area contributed by atoms with Gasteiger partial charge in [-0.1, -0.05) is 12.1 Å². The van der Waals surface area contributed by atoms with E-state index >= 15 is 0 Å². The van der Waals surface area contributed by atoms with Crippen LogP contribution in [0, 0.1) is 0 Å². The van der Waals surface area contributed by atoms with E-state index in [0.29, 0.717) is 18.4 Å². The van der Waals surface area contributed by atoms with Gasteiger partial charge in [0.25, 0.3) is 0 Å². The second-order valence-electron chi connectivity index (χ2n) is 4.66. The van der Waals surface area contributed by atoms with Crippen molar-refractivity contribution in [2.45, 2.75) is 18.9 Å². The molecule has 0 aromatic heterocycles. The molecule has 0 atom stereocenters. The lowest BCUT2D eigenvalue weighted by atomic mass is 10.1. The van der Waals surface area contributed by atoms with E-state index in [-0.39, 0.29) is 0 Å². The van der Waals surface area contributed by atoms with Crippen LogP contribution < -0.4 is 10.5 Å². The van der Waals surface area contributed by atoms with Crippen molar-refractivity contribution in [3.05, 3.63) is 24.3 Å². The molecule has 4 heteroatoms. The highest BCUT2D eigenvalue weighted by Gasteiger charge is 2.18. The van der Waals surface area contributed by atoms with Crippen molar-refractivity contribution in [3.63, 3.8) is 0 Å². The van der Waals surface area contributed by atoms with Crippen molar-refractivity contribution < 1.29 is 9.47 Å². The van der Waals surface area contributed by atoms with E-state index in [1.54, 1.807) is 7.11 Å². The zero-order valence-corrected chi connectivity index (χ0v) is 11.0. The van der Waals surface area contributed by atoms with Crippen LogP contribution in [-0.4, -0.2) is 44.4 Å². The standard InChI is InChI=1S/C14H22N2O2/c1-17-12-6-8-16(9-7-12)10-11-18-14-5-3-2-4-13(14)15/h2-5,12H,6-11,15H2,1H3. The summed E-state index contributed by atoms with van der Waals surface area (Å²) in [6.07, 6.45) is 2.67. The summed E-state index contributed by atoms with van der Waals surface area (Å²) in [4.78, 5) is 2.41. The molecule has 2 N–H and O–H groups in total. The quantitative estimate of drug-likeness (QED) is 0.809. The third kappa shape index (κ3) is 3.62. The minimum absolute atomic E-state index is 0.437. The summed E-state index contributed by atoms with van der Waals surface area (Å²) in [5.74, 6) is 0.782. The number of nitrogens with two attached hydrogens (primary N) is 1. The van der Waals surface area contributed by atoms with Crippen molar-refractivity contribution in [1.82, 2.24) is 4.90 Å². The lowest BCUT2D eigenvalue weighted by molar-refractivity contribution is 0.0375. The van der Waals surface area contributed by atoms with Gasteiger partial charge in [-0.3, -0.25) is 4.90 Å². The molecule has 2 rings (SSSR count). The number of nitrogen functional groups attached to an aromatic ring is 1. The van der Waals surface area contributed by atoms with Crippen LogP contribution in [0.4, 0.5) is 5.69 Å². The molecule has 0 aliphatic carbocycles. The molecule has 0 unspecified atom stereocenters. The summed E-state index contributed by atoms with van der Waals surface area (Å²) in [6, 6.07) is 7.62. The van der Waals surface area contributed by atoms with Gasteiger partial charge in [-0.05, 0) is 25.0 Å². The van der Waals surface area contributed by atoms with E-state index in [1.165, 1.54) is 0 Å². The molecule has 0 amide bonds. The fourth-order valence-electron chi connectivity index (χ4n) is 2.27. The number of likely N-dealkylation sites (tertiary alicyclic amines) is 1. The Bertz CT molecular complexity index is 363. The molecule has 1 saturated heterocycles. The Kier molecular flexibility index (Phi) is 4.84. The predicted octanol–water partition coefficient (Wildman–Crippen LogP) is 1.76. The van der Waals surface area contributed by atoms with Crippen molar-refractivity contribution in [3.8, 4) is 5.75 Å². The van der Waals surface area contributed by atoms with Gasteiger partial charge in [-0.2, -0.15) is 0 Å². The highest BCUT2D eigenvalue weighted by atomic mass is 16.5. The number of para-hydroxylation sites is 2. The molecule has 18 heavy (non-hydrogen) atoms. The first kappa shape index (κ1) is 13.2. The first-order chi connectivity index (χ1) is 8.79. The summed E-state index contributed by atoms with van der Waals surface area (Å²) in [7, 11) is 1.79. The summed E-state index contributed by atoms with van der Waals surface area (Å²) in [6.45, 7) is 3.81. The van der Waals surface area contributed by atoms with Gasteiger partial charge in [0, 0.05) is 26.7 Å². The van der Waals surface area contributed by atoms with Gasteiger partial charge < -0.3 is 15.2 Å². The highest BCUT2D eigenvalue weighted by Crippen LogP contribution is 2.19. The van der Waals surface area contributed by atoms with Crippen LogP contribution in [0.1, 0.15) is 12.8 Å². The molecule has 4 nitrogen and oxygen atoms in total. The third-order valence-electron chi connectivity index (χ3n) is 3.45. The Morgan fingerprint density at radius 1 is 1.28 bits per heavy atom. The minimum Gasteiger partial charge on any atom is -0.490 e. The molecule has 0 spiro atoms. The van der Waals surface area contributed by atoms with Gasteiger partial charge in [0.15, 0.2) is 0 Å². The van der Waals surface area contributed by atoms with Gasteiger partial charge in [-0.15, -0.1) is 0 Å². The number of benzene rings is 1. The van der Waals surface area contributed by atoms with Crippen LogP contribution >= 0.6 is 0 Å². The topological polar surface area (TPSA) is 47.7 Å². The van der Waals surface area contributed by atoms with E-state index in [2.05, 4.69) is 4.90 Å². The molecule has 1 aliphatic heterocycles. The van der Waals surface area contributed by atoms with Crippen molar-refractivity contribution in [2.24, 2.45) is 0 Å². The summed E-state index contributed by atoms with van der Waals surface area (Å²) < 4.78 is 11.0. The van der Waals surface area contributed by atoms with Crippen LogP contribution in [-0.2, 0) is 4.74 Å². The second-order valence-corrected chi connectivity index (χ2v) is 4.66. The lowest BCUT2D eigenvalue weighted by Crippen LogP contribution is -2.38. The number of anilines is 1. The summed E-state index contributed by atoms with van der Waals surface area (Å²) in [5, 5.41) is 0. The zero-order chi connectivity index (χ0) is 12.8. The van der Waals surface area contributed by atoms with Gasteiger partial charge in [-0.25, -0.2) is 0 Å². The van der Waals surface area contributed by atoms with Gasteiger partial charge in [0.2, 0.25) is 0 Å². The Hall–Kier alpha value is -1.26. The maximum absolute atomic E-state index is 5.82. The number of hydrogen-bond donors (Lipinski definition) is 1. The molecular formula is C14H22N2O2. The molecular weight excluding hydrogens is 228 g/mol. The Morgan fingerprint density at radius 2 is 2.00 bits per heavy atom. The third-order valence-corrected chi connectivity index (χ3v) is 3.45. The molecule has 1 aromatic carbocycles. The SMILES string of the molecule is COC1CCN(CCOc2ccccc2N)CC1. The van der Waals surface area contributed by atoms with E-state index in [1.807, 2.05) is 24.3 Å². The molecule has 0 radical (unpaired) electrons. The lowest BCUT2D eigenvalue weighted by Gasteiger charge is -2.30. The molecule has 100 valence electrons.